The molecule has 1 aromatic heterocycles. The van der Waals surface area contributed by atoms with Crippen molar-refractivity contribution in [3.63, 3.8) is 0 Å². The number of benzene rings is 1. The Morgan fingerprint density at radius 1 is 1.24 bits per heavy atom. The summed E-state index contributed by atoms with van der Waals surface area (Å²) in [6.07, 6.45) is -2.97. The molecule has 0 saturated heterocycles. The lowest BCUT2D eigenvalue weighted by Gasteiger charge is -2.18. The van der Waals surface area contributed by atoms with Gasteiger partial charge in [-0.2, -0.15) is 18.4 Å². The van der Waals surface area contributed by atoms with Crippen molar-refractivity contribution in [1.29, 1.82) is 5.26 Å². The summed E-state index contributed by atoms with van der Waals surface area (Å²) in [6.45, 7) is -0.871. The molecule has 0 aliphatic carbocycles. The zero-order valence-corrected chi connectivity index (χ0v) is 13.3. The van der Waals surface area contributed by atoms with Gasteiger partial charge in [0.15, 0.2) is 0 Å². The van der Waals surface area contributed by atoms with Crippen LogP contribution in [0, 0.1) is 11.3 Å². The molecule has 2 rings (SSSR count). The summed E-state index contributed by atoms with van der Waals surface area (Å²) in [4.78, 5) is 17.7. The molecular formula is C17H15F3N4O. The van der Waals surface area contributed by atoms with Crippen molar-refractivity contribution in [1.82, 2.24) is 10.3 Å². The smallest absolute Gasteiger partial charge is 0.355 e. The molecule has 0 spiro atoms. The first-order valence-corrected chi connectivity index (χ1v) is 7.29. The Kier molecular flexibility index (Phi) is 5.60. The lowest BCUT2D eigenvalue weighted by atomic mass is 10.1. The van der Waals surface area contributed by atoms with E-state index in [4.69, 9.17) is 5.26 Å². The van der Waals surface area contributed by atoms with Crippen LogP contribution in [0.2, 0.25) is 0 Å². The number of carbonyl (C=O) groups is 1. The minimum atomic E-state index is -4.44. The Labute approximate surface area is 142 Å². The summed E-state index contributed by atoms with van der Waals surface area (Å²) in [6, 6.07) is 11.7. The van der Waals surface area contributed by atoms with Gasteiger partial charge in [-0.1, -0.05) is 12.1 Å². The summed E-state index contributed by atoms with van der Waals surface area (Å²) in [7, 11) is 1.82. The molecule has 1 heterocycles. The third-order valence-electron chi connectivity index (χ3n) is 3.35. The highest BCUT2D eigenvalue weighted by Crippen LogP contribution is 2.15. The Morgan fingerprint density at radius 3 is 2.44 bits per heavy atom. The first kappa shape index (κ1) is 18.3. The molecule has 0 saturated carbocycles. The number of hydrogen-bond donors (Lipinski definition) is 1. The molecule has 1 aromatic carbocycles. The lowest BCUT2D eigenvalue weighted by molar-refractivity contribution is -0.123. The van der Waals surface area contributed by atoms with Crippen LogP contribution in [0.15, 0.2) is 42.6 Å². The highest BCUT2D eigenvalue weighted by Gasteiger charge is 2.27. The van der Waals surface area contributed by atoms with E-state index >= 15 is 0 Å². The van der Waals surface area contributed by atoms with Gasteiger partial charge in [0.2, 0.25) is 0 Å². The second-order valence-corrected chi connectivity index (χ2v) is 5.37. The van der Waals surface area contributed by atoms with E-state index in [1.54, 1.807) is 24.3 Å². The second kappa shape index (κ2) is 7.66. The first-order chi connectivity index (χ1) is 11.8. The average molecular weight is 348 g/mol. The van der Waals surface area contributed by atoms with Crippen LogP contribution in [0.1, 0.15) is 21.5 Å². The molecule has 25 heavy (non-hydrogen) atoms. The number of pyridine rings is 1. The predicted molar refractivity (Wildman–Crippen MR) is 85.9 cm³/mol. The number of nitrogens with zero attached hydrogens (tertiary/aromatic N) is 3. The molecule has 0 aliphatic heterocycles. The highest BCUT2D eigenvalue weighted by atomic mass is 19.4. The van der Waals surface area contributed by atoms with Crippen LogP contribution in [-0.2, 0) is 6.54 Å². The van der Waals surface area contributed by atoms with Gasteiger partial charge in [0.05, 0.1) is 5.56 Å². The molecule has 0 bridgehead atoms. The topological polar surface area (TPSA) is 69.0 Å². The Balaban J connectivity index is 1.97. The largest absolute Gasteiger partial charge is 0.405 e. The van der Waals surface area contributed by atoms with Crippen molar-refractivity contribution < 1.29 is 18.0 Å². The normalized spacial score (nSPS) is 10.8. The third-order valence-corrected chi connectivity index (χ3v) is 3.35. The van der Waals surface area contributed by atoms with E-state index in [1.165, 1.54) is 18.3 Å². The molecule has 0 atom stereocenters. The Bertz CT molecular complexity index is 764. The van der Waals surface area contributed by atoms with Gasteiger partial charge in [-0.05, 0) is 29.8 Å². The predicted octanol–water partition coefficient (Wildman–Crippen LogP) is 2.88. The van der Waals surface area contributed by atoms with Crippen LogP contribution in [-0.4, -0.2) is 30.7 Å². The number of nitriles is 1. The van der Waals surface area contributed by atoms with E-state index in [-0.39, 0.29) is 5.56 Å². The van der Waals surface area contributed by atoms with E-state index in [9.17, 15) is 18.0 Å². The van der Waals surface area contributed by atoms with Gasteiger partial charge >= 0.3 is 6.18 Å². The fourth-order valence-corrected chi connectivity index (χ4v) is 2.08. The van der Waals surface area contributed by atoms with E-state index < -0.39 is 18.6 Å². The fraction of sp³-hybridized carbons (Fsp3) is 0.235. The van der Waals surface area contributed by atoms with Crippen molar-refractivity contribution in [2.45, 2.75) is 12.7 Å². The van der Waals surface area contributed by atoms with Crippen molar-refractivity contribution in [2.24, 2.45) is 0 Å². The van der Waals surface area contributed by atoms with Gasteiger partial charge < -0.3 is 10.2 Å². The van der Waals surface area contributed by atoms with E-state index in [0.717, 1.165) is 5.56 Å². The van der Waals surface area contributed by atoms with E-state index in [0.29, 0.717) is 17.9 Å². The number of halogens is 3. The number of hydrogen-bond acceptors (Lipinski definition) is 4. The first-order valence-electron chi connectivity index (χ1n) is 7.29. The Morgan fingerprint density at radius 2 is 1.92 bits per heavy atom. The van der Waals surface area contributed by atoms with Crippen LogP contribution < -0.4 is 10.2 Å². The standard InChI is InChI=1S/C17H15F3N4O/c1-24(15-7-4-13(8-21)9-22-15)10-12-2-5-14(6-3-12)16(25)23-11-17(18,19)20/h2-7,9H,10-11H2,1H3,(H,23,25). The molecule has 0 unspecified atom stereocenters. The number of carbonyl (C=O) groups excluding carboxylic acids is 1. The van der Waals surface area contributed by atoms with E-state index in [2.05, 4.69) is 4.98 Å². The van der Waals surface area contributed by atoms with Crippen LogP contribution in [0.5, 0.6) is 0 Å². The molecular weight excluding hydrogens is 333 g/mol. The SMILES string of the molecule is CN(Cc1ccc(C(=O)NCC(F)(F)F)cc1)c1ccc(C#N)cn1. The number of amides is 1. The van der Waals surface area contributed by atoms with Crippen LogP contribution in [0.25, 0.3) is 0 Å². The molecule has 1 amide bonds. The van der Waals surface area contributed by atoms with Crippen molar-refractivity contribution in [3.05, 3.63) is 59.3 Å². The van der Waals surface area contributed by atoms with Gasteiger partial charge in [0.25, 0.3) is 5.91 Å². The zero-order chi connectivity index (χ0) is 18.4. The Hall–Kier alpha value is -3.08. The van der Waals surface area contributed by atoms with Crippen LogP contribution >= 0.6 is 0 Å². The molecule has 1 N–H and O–H groups in total. The minimum Gasteiger partial charge on any atom is -0.355 e. The summed E-state index contributed by atoms with van der Waals surface area (Å²) in [5.74, 6) is -0.100. The number of anilines is 1. The summed E-state index contributed by atoms with van der Waals surface area (Å²) >= 11 is 0. The number of aromatic nitrogens is 1. The average Bonchev–Trinajstić information content (AvgIpc) is 2.59. The molecule has 0 fully saturated rings. The monoisotopic (exact) mass is 348 g/mol. The molecule has 0 radical (unpaired) electrons. The summed E-state index contributed by atoms with van der Waals surface area (Å²) in [5.41, 5.74) is 1.49. The van der Waals surface area contributed by atoms with Crippen LogP contribution in [0.4, 0.5) is 19.0 Å². The second-order valence-electron chi connectivity index (χ2n) is 5.37. The fourth-order valence-electron chi connectivity index (χ4n) is 2.08. The van der Waals surface area contributed by atoms with Gasteiger partial charge in [-0.3, -0.25) is 4.79 Å². The molecule has 8 heteroatoms. The van der Waals surface area contributed by atoms with Gasteiger partial charge in [-0.15, -0.1) is 0 Å². The van der Waals surface area contributed by atoms with Crippen molar-refractivity contribution in [2.75, 3.05) is 18.5 Å². The number of nitrogens with one attached hydrogen (secondary N) is 1. The molecule has 0 aliphatic rings. The van der Waals surface area contributed by atoms with Gasteiger partial charge in [0.1, 0.15) is 18.4 Å². The summed E-state index contributed by atoms with van der Waals surface area (Å²) in [5, 5.41) is 10.6. The molecule has 2 aromatic rings. The number of alkyl halides is 3. The van der Waals surface area contributed by atoms with Gasteiger partial charge in [0, 0.05) is 25.4 Å². The maximum Gasteiger partial charge on any atom is 0.405 e. The maximum absolute atomic E-state index is 12.1. The van der Waals surface area contributed by atoms with E-state index in [1.807, 2.05) is 23.3 Å². The summed E-state index contributed by atoms with van der Waals surface area (Å²) < 4.78 is 36.3. The lowest BCUT2D eigenvalue weighted by Crippen LogP contribution is -2.33. The zero-order valence-electron chi connectivity index (χ0n) is 13.3. The van der Waals surface area contributed by atoms with Crippen molar-refractivity contribution >= 4 is 11.7 Å². The third kappa shape index (κ3) is 5.49. The quantitative estimate of drug-likeness (QED) is 0.902. The molecule has 5 nitrogen and oxygen atoms in total. The number of rotatable bonds is 5. The van der Waals surface area contributed by atoms with Gasteiger partial charge in [-0.25, -0.2) is 4.98 Å². The maximum atomic E-state index is 12.1. The van der Waals surface area contributed by atoms with Crippen molar-refractivity contribution in [3.8, 4) is 6.07 Å². The van der Waals surface area contributed by atoms with Crippen LogP contribution in [0.3, 0.4) is 0 Å². The highest BCUT2D eigenvalue weighted by molar-refractivity contribution is 5.94. The molecule has 130 valence electrons. The minimum absolute atomic E-state index is 0.159.